The van der Waals surface area contributed by atoms with Gasteiger partial charge in [0.05, 0.1) is 6.21 Å². The van der Waals surface area contributed by atoms with E-state index in [9.17, 15) is 9.11 Å². The Labute approximate surface area is 76.5 Å². The summed E-state index contributed by atoms with van der Waals surface area (Å²) in [6.45, 7) is 0. The average molecular weight is 204 g/mol. The molecule has 0 radical (unpaired) electrons. The number of hydrogen-bond acceptors (Lipinski definition) is 4. The summed E-state index contributed by atoms with van der Waals surface area (Å²) in [5.41, 5.74) is 0.750. The maximum absolute atomic E-state index is 11.3. The molecule has 2 rings (SSSR count). The molecule has 0 fully saturated rings. The van der Waals surface area contributed by atoms with Gasteiger partial charge in [0.1, 0.15) is 16.9 Å². The van der Waals surface area contributed by atoms with Gasteiger partial charge >= 0.3 is 0 Å². The number of nitrogens with zero attached hydrogens (tertiary/aromatic N) is 1. The van der Waals surface area contributed by atoms with Crippen molar-refractivity contribution in [2.45, 2.75) is 5.37 Å². The second-order valence-electron chi connectivity index (χ2n) is 2.51. The van der Waals surface area contributed by atoms with Crippen molar-refractivity contribution in [3.05, 3.63) is 11.1 Å². The average Bonchev–Trinajstić information content (AvgIpc) is 2.58. The van der Waals surface area contributed by atoms with E-state index in [2.05, 4.69) is 10.3 Å². The third-order valence-electron chi connectivity index (χ3n) is 1.67. The largest absolute Gasteiger partial charge is 0.614 e. The predicted molar refractivity (Wildman–Crippen MR) is 49.5 cm³/mol. The fraction of sp³-hybridized carbons (Fsp3) is 0.500. The van der Waals surface area contributed by atoms with Crippen molar-refractivity contribution in [3.8, 4) is 0 Å². The van der Waals surface area contributed by atoms with Crippen molar-refractivity contribution in [3.63, 3.8) is 0 Å². The molecule has 2 aliphatic rings. The van der Waals surface area contributed by atoms with Gasteiger partial charge in [0.2, 0.25) is 5.37 Å². The van der Waals surface area contributed by atoms with Crippen LogP contribution in [0.4, 0.5) is 0 Å². The van der Waals surface area contributed by atoms with E-state index in [1.165, 1.54) is 0 Å². The first kappa shape index (κ1) is 8.43. The van der Waals surface area contributed by atoms with Gasteiger partial charge in [0.15, 0.2) is 5.88 Å². The molecule has 0 saturated carbocycles. The van der Waals surface area contributed by atoms with Crippen LogP contribution in [0.15, 0.2) is 16.1 Å². The minimum Gasteiger partial charge on any atom is -0.614 e. The normalized spacial score (nSPS) is 39.8. The van der Waals surface area contributed by atoms with Crippen LogP contribution in [0.2, 0.25) is 0 Å². The molecular weight excluding hydrogens is 196 g/mol. The van der Waals surface area contributed by atoms with Crippen LogP contribution >= 0.6 is 0 Å². The molecule has 3 atom stereocenters. The van der Waals surface area contributed by atoms with Crippen molar-refractivity contribution < 1.29 is 9.11 Å². The van der Waals surface area contributed by atoms with E-state index < -0.39 is 22.4 Å². The Hall–Kier alpha value is -0.170. The van der Waals surface area contributed by atoms with E-state index in [1.807, 2.05) is 0 Å². The summed E-state index contributed by atoms with van der Waals surface area (Å²) < 4.78 is 22.2. The topological polar surface area (TPSA) is 70.5 Å². The first-order chi connectivity index (χ1) is 5.77. The minimum atomic E-state index is -0.953. The highest BCUT2D eigenvalue weighted by molar-refractivity contribution is 7.95. The predicted octanol–water partition coefficient (Wildman–Crippen LogP) is -0.704. The molecule has 66 valence electrons. The molecule has 2 aliphatic heterocycles. The standard InChI is InChI=1S/C6H8N2O2S2/c9-11-3-5(8-4-11)6-7-1-2-12(6)10/h1,3,6,8H,2,4H2. The van der Waals surface area contributed by atoms with Gasteiger partial charge in [0.25, 0.3) is 0 Å². The van der Waals surface area contributed by atoms with Crippen molar-refractivity contribution >= 4 is 28.6 Å². The monoisotopic (exact) mass is 204 g/mol. The number of hydrogen-bond donors (Lipinski definition) is 1. The summed E-state index contributed by atoms with van der Waals surface area (Å²) in [6.07, 6.45) is 1.66. The lowest BCUT2D eigenvalue weighted by Crippen LogP contribution is -2.25. The lowest BCUT2D eigenvalue weighted by atomic mass is 10.5. The van der Waals surface area contributed by atoms with Crippen LogP contribution in [0.3, 0.4) is 0 Å². The van der Waals surface area contributed by atoms with Gasteiger partial charge in [-0.25, -0.2) is 4.99 Å². The third kappa shape index (κ3) is 1.47. The molecule has 0 amide bonds. The highest BCUT2D eigenvalue weighted by Gasteiger charge is 2.34. The van der Waals surface area contributed by atoms with E-state index in [0.717, 1.165) is 5.70 Å². The van der Waals surface area contributed by atoms with Gasteiger partial charge in [0, 0.05) is 11.2 Å². The lowest BCUT2D eigenvalue weighted by molar-refractivity contribution is 0.590. The van der Waals surface area contributed by atoms with E-state index in [0.29, 0.717) is 11.6 Å². The van der Waals surface area contributed by atoms with Crippen LogP contribution in [0, 0.1) is 0 Å². The smallest absolute Gasteiger partial charge is 0.250 e. The van der Waals surface area contributed by atoms with E-state index in [4.69, 9.17) is 0 Å². The second-order valence-corrected chi connectivity index (χ2v) is 5.33. The molecule has 12 heavy (non-hydrogen) atoms. The summed E-state index contributed by atoms with van der Waals surface area (Å²) in [5.74, 6) is 0.939. The van der Waals surface area contributed by atoms with Gasteiger partial charge in [-0.3, -0.25) is 0 Å². The zero-order valence-electron chi connectivity index (χ0n) is 6.23. The van der Waals surface area contributed by atoms with Crippen LogP contribution in [0.25, 0.3) is 0 Å². The van der Waals surface area contributed by atoms with Crippen molar-refractivity contribution in [1.29, 1.82) is 0 Å². The van der Waals surface area contributed by atoms with Crippen LogP contribution in [0.5, 0.6) is 0 Å². The van der Waals surface area contributed by atoms with Crippen molar-refractivity contribution in [2.75, 3.05) is 11.6 Å². The Morgan fingerprint density at radius 1 is 1.58 bits per heavy atom. The lowest BCUT2D eigenvalue weighted by Gasteiger charge is -2.10. The van der Waals surface area contributed by atoms with Crippen molar-refractivity contribution in [1.82, 2.24) is 5.32 Å². The Morgan fingerprint density at radius 2 is 2.42 bits per heavy atom. The third-order valence-corrected chi connectivity index (χ3v) is 3.97. The summed E-state index contributed by atoms with van der Waals surface area (Å²) >= 11 is -1.90. The van der Waals surface area contributed by atoms with Gasteiger partial charge < -0.3 is 14.4 Å². The zero-order chi connectivity index (χ0) is 8.55. The first-order valence-corrected chi connectivity index (χ1v) is 6.25. The number of rotatable bonds is 1. The molecule has 0 aromatic rings. The Kier molecular flexibility index (Phi) is 2.31. The Bertz CT molecular complexity index is 244. The van der Waals surface area contributed by atoms with E-state index in [1.54, 1.807) is 11.6 Å². The van der Waals surface area contributed by atoms with Crippen LogP contribution in [-0.2, 0) is 22.4 Å². The van der Waals surface area contributed by atoms with Crippen LogP contribution in [-0.4, -0.2) is 32.3 Å². The van der Waals surface area contributed by atoms with Gasteiger partial charge in [-0.05, 0) is 11.2 Å². The Morgan fingerprint density at radius 3 is 2.92 bits per heavy atom. The van der Waals surface area contributed by atoms with Gasteiger partial charge in [-0.1, -0.05) is 0 Å². The van der Waals surface area contributed by atoms with E-state index in [-0.39, 0.29) is 5.37 Å². The highest BCUT2D eigenvalue weighted by atomic mass is 32.2. The molecule has 2 heterocycles. The summed E-state index contributed by atoms with van der Waals surface area (Å²) in [7, 11) is 0. The zero-order valence-corrected chi connectivity index (χ0v) is 7.86. The molecule has 3 unspecified atom stereocenters. The highest BCUT2D eigenvalue weighted by Crippen LogP contribution is 2.20. The molecule has 4 nitrogen and oxygen atoms in total. The van der Waals surface area contributed by atoms with Gasteiger partial charge in [-0.2, -0.15) is 0 Å². The molecule has 0 aliphatic carbocycles. The van der Waals surface area contributed by atoms with Gasteiger partial charge in [-0.15, -0.1) is 0 Å². The van der Waals surface area contributed by atoms with Crippen LogP contribution in [0.1, 0.15) is 0 Å². The summed E-state index contributed by atoms with van der Waals surface area (Å²) in [5, 5.41) is 4.24. The molecule has 6 heteroatoms. The van der Waals surface area contributed by atoms with E-state index >= 15 is 0 Å². The maximum atomic E-state index is 11.3. The first-order valence-electron chi connectivity index (χ1n) is 3.49. The molecule has 0 bridgehead atoms. The number of aliphatic imine (C=N–C) groups is 1. The molecule has 1 N–H and O–H groups in total. The van der Waals surface area contributed by atoms with Crippen LogP contribution < -0.4 is 5.32 Å². The summed E-state index contributed by atoms with van der Waals surface area (Å²) in [6, 6.07) is 0. The minimum absolute atomic E-state index is 0.295. The molecule has 0 spiro atoms. The molecular formula is C6H8N2O2S2. The molecule has 0 aromatic heterocycles. The fourth-order valence-electron chi connectivity index (χ4n) is 1.12. The maximum Gasteiger partial charge on any atom is 0.250 e. The summed E-state index contributed by atoms with van der Waals surface area (Å²) in [4.78, 5) is 4.04. The quantitative estimate of drug-likeness (QED) is 0.574. The Balaban J connectivity index is 2.09. The number of nitrogens with one attached hydrogen (secondary N) is 1. The second kappa shape index (κ2) is 3.29. The fourth-order valence-corrected chi connectivity index (χ4v) is 3.16. The van der Waals surface area contributed by atoms with Crippen molar-refractivity contribution in [2.24, 2.45) is 4.99 Å². The SMILES string of the molecule is [O-][S+]1C=C(C2N=CC[S+]2[O-])NC1. The molecule has 0 aromatic carbocycles. The molecule has 0 saturated heterocycles.